The number of hydrogen-bond acceptors (Lipinski definition) is 1. The Morgan fingerprint density at radius 3 is 1.86 bits per heavy atom. The van der Waals surface area contributed by atoms with Crippen LogP contribution in [0.3, 0.4) is 0 Å². The normalized spacial score (nSPS) is 18.7. The van der Waals surface area contributed by atoms with E-state index in [2.05, 4.69) is 201 Å². The van der Waals surface area contributed by atoms with Gasteiger partial charge in [-0.1, -0.05) is 158 Å². The monoisotopic (exact) mass is 733 g/mol. The Bertz CT molecular complexity index is 2760. The molecule has 0 aromatic heterocycles. The van der Waals surface area contributed by atoms with Crippen LogP contribution < -0.4 is 4.90 Å². The maximum Gasteiger partial charge on any atom is 0.0714 e. The molecule has 3 aliphatic carbocycles. The summed E-state index contributed by atoms with van der Waals surface area (Å²) in [4.78, 5) is 2.65. The van der Waals surface area contributed by atoms with Crippen LogP contribution >= 0.6 is 0 Å². The van der Waals surface area contributed by atoms with Crippen molar-refractivity contribution in [3.8, 4) is 22.3 Å². The zero-order valence-electron chi connectivity index (χ0n) is 32.8. The molecule has 2 fully saturated rings. The topological polar surface area (TPSA) is 3.24 Å². The quantitative estimate of drug-likeness (QED) is 0.158. The summed E-state index contributed by atoms with van der Waals surface area (Å²) in [6.45, 7) is 4.54. The fraction of sp³-hybridized carbons (Fsp3) is 0.179. The highest BCUT2D eigenvalue weighted by atomic mass is 15.1. The van der Waals surface area contributed by atoms with E-state index in [-0.39, 0.29) is 0 Å². The van der Waals surface area contributed by atoms with Crippen molar-refractivity contribution < 1.29 is 0 Å². The standard InChI is InChI=1S/C56H47N/c1-37-16-9-12-24-46(37)50-34-40-18-10-11-19-41(40)35-54(50)57(53-27-14-13-25-47(53)49-33-39-28-29-42(49)32-39)45-30-31-48-52(36-45)56(43-20-5-3-6-21-43,44-22-7-4-8-23-44)51-26-15-17-38(2)55(48)51/h3-27,30-31,34-36,39,42,49H,28-29,32-33H2,1-2H3. The predicted molar refractivity (Wildman–Crippen MR) is 239 cm³/mol. The third-order valence-corrected chi connectivity index (χ3v) is 13.9. The van der Waals surface area contributed by atoms with Crippen molar-refractivity contribution in [1.29, 1.82) is 0 Å². The third kappa shape index (κ3) is 5.29. The number of fused-ring (bicyclic) bond motifs is 6. The van der Waals surface area contributed by atoms with Gasteiger partial charge in [0.1, 0.15) is 0 Å². The SMILES string of the molecule is Cc1ccccc1-c1cc2ccccc2cc1N(c1ccc2c(c1)C(c1ccccc1)(c1ccccc1)c1cccc(C)c1-2)c1ccccc1C1CC2CCC1C2. The number of anilines is 3. The molecule has 3 atom stereocenters. The molecule has 276 valence electrons. The maximum absolute atomic E-state index is 2.65. The fourth-order valence-corrected chi connectivity index (χ4v) is 11.4. The van der Waals surface area contributed by atoms with Gasteiger partial charge in [0.2, 0.25) is 0 Å². The van der Waals surface area contributed by atoms with Gasteiger partial charge in [0, 0.05) is 16.9 Å². The van der Waals surface area contributed by atoms with Crippen LogP contribution in [0.1, 0.15) is 70.5 Å². The lowest BCUT2D eigenvalue weighted by molar-refractivity contribution is 0.420. The highest BCUT2D eigenvalue weighted by Gasteiger charge is 2.47. The van der Waals surface area contributed by atoms with E-state index >= 15 is 0 Å². The first-order valence-corrected chi connectivity index (χ1v) is 20.9. The number of hydrogen-bond donors (Lipinski definition) is 0. The van der Waals surface area contributed by atoms with E-state index in [4.69, 9.17) is 0 Å². The molecular weight excluding hydrogens is 687 g/mol. The van der Waals surface area contributed by atoms with E-state index in [9.17, 15) is 0 Å². The number of rotatable bonds is 7. The Labute approximate surface area is 337 Å². The van der Waals surface area contributed by atoms with Crippen LogP contribution in [-0.2, 0) is 5.41 Å². The molecule has 57 heavy (non-hydrogen) atoms. The zero-order valence-corrected chi connectivity index (χ0v) is 32.8. The minimum absolute atomic E-state index is 0.493. The number of para-hydroxylation sites is 1. The first-order chi connectivity index (χ1) is 28.1. The molecule has 0 radical (unpaired) electrons. The molecule has 3 unspecified atom stereocenters. The van der Waals surface area contributed by atoms with Crippen LogP contribution in [0.2, 0.25) is 0 Å². The first kappa shape index (κ1) is 34.1. The average Bonchev–Trinajstić information content (AvgIpc) is 3.98. The highest BCUT2D eigenvalue weighted by molar-refractivity contribution is 6.00. The average molecular weight is 734 g/mol. The van der Waals surface area contributed by atoms with Gasteiger partial charge in [0.15, 0.2) is 0 Å². The molecule has 1 nitrogen and oxygen atoms in total. The number of nitrogens with zero attached hydrogens (tertiary/aromatic N) is 1. The van der Waals surface area contributed by atoms with Gasteiger partial charge in [-0.25, -0.2) is 0 Å². The molecule has 1 heteroatoms. The van der Waals surface area contributed by atoms with Crippen molar-refractivity contribution in [1.82, 2.24) is 0 Å². The first-order valence-electron chi connectivity index (χ1n) is 20.9. The molecule has 2 bridgehead atoms. The van der Waals surface area contributed by atoms with Crippen molar-refractivity contribution in [3.63, 3.8) is 0 Å². The Hall–Kier alpha value is -6.18. The molecule has 0 N–H and O–H groups in total. The zero-order chi connectivity index (χ0) is 38.1. The fourth-order valence-electron chi connectivity index (χ4n) is 11.4. The van der Waals surface area contributed by atoms with Crippen LogP contribution in [0.15, 0.2) is 182 Å². The van der Waals surface area contributed by atoms with Crippen molar-refractivity contribution in [2.24, 2.45) is 11.8 Å². The summed E-state index contributed by atoms with van der Waals surface area (Å²) in [6, 6.07) is 68.9. The summed E-state index contributed by atoms with van der Waals surface area (Å²) in [5.41, 5.74) is 17.8. The molecule has 2 saturated carbocycles. The molecule has 11 rings (SSSR count). The highest BCUT2D eigenvalue weighted by Crippen LogP contribution is 2.60. The predicted octanol–water partition coefficient (Wildman–Crippen LogP) is 14.9. The lowest BCUT2D eigenvalue weighted by atomic mass is 9.67. The molecule has 8 aromatic carbocycles. The summed E-state index contributed by atoms with van der Waals surface area (Å²) in [5.74, 6) is 2.18. The summed E-state index contributed by atoms with van der Waals surface area (Å²) in [5, 5.41) is 2.51. The molecule has 0 saturated heterocycles. The van der Waals surface area contributed by atoms with E-state index in [1.807, 2.05) is 0 Å². The van der Waals surface area contributed by atoms with Gasteiger partial charge >= 0.3 is 0 Å². The molecular formula is C56H47N. The lowest BCUT2D eigenvalue weighted by Crippen LogP contribution is -2.29. The second-order valence-electron chi connectivity index (χ2n) is 16.9. The summed E-state index contributed by atoms with van der Waals surface area (Å²) in [7, 11) is 0. The number of aryl methyl sites for hydroxylation is 2. The van der Waals surface area contributed by atoms with Gasteiger partial charge in [0.25, 0.3) is 0 Å². The maximum atomic E-state index is 2.65. The Kier molecular flexibility index (Phi) is 8.07. The van der Waals surface area contributed by atoms with Crippen molar-refractivity contribution >= 4 is 27.8 Å². The van der Waals surface area contributed by atoms with Gasteiger partial charge in [0.05, 0.1) is 11.1 Å². The second-order valence-corrected chi connectivity index (χ2v) is 16.9. The summed E-state index contributed by atoms with van der Waals surface area (Å²) >= 11 is 0. The van der Waals surface area contributed by atoms with Crippen molar-refractivity contribution in [2.45, 2.75) is 50.9 Å². The van der Waals surface area contributed by atoms with Crippen molar-refractivity contribution in [2.75, 3.05) is 4.90 Å². The van der Waals surface area contributed by atoms with Crippen molar-refractivity contribution in [3.05, 3.63) is 221 Å². The van der Waals surface area contributed by atoms with E-state index < -0.39 is 5.41 Å². The molecule has 0 aliphatic heterocycles. The van der Waals surface area contributed by atoms with Gasteiger partial charge in [-0.05, 0) is 148 Å². The Balaban J connectivity index is 1.24. The third-order valence-electron chi connectivity index (χ3n) is 13.9. The van der Waals surface area contributed by atoms with Gasteiger partial charge in [-0.2, -0.15) is 0 Å². The van der Waals surface area contributed by atoms with Gasteiger partial charge in [-0.3, -0.25) is 0 Å². The van der Waals surface area contributed by atoms with E-state index in [1.54, 1.807) is 0 Å². The van der Waals surface area contributed by atoms with E-state index in [1.165, 1.54) is 115 Å². The Morgan fingerprint density at radius 1 is 0.474 bits per heavy atom. The molecule has 0 amide bonds. The summed E-state index contributed by atoms with van der Waals surface area (Å²) < 4.78 is 0. The minimum atomic E-state index is -0.493. The molecule has 8 aromatic rings. The molecule has 0 spiro atoms. The summed E-state index contributed by atoms with van der Waals surface area (Å²) in [6.07, 6.45) is 5.40. The smallest absolute Gasteiger partial charge is 0.0714 e. The van der Waals surface area contributed by atoms with Gasteiger partial charge < -0.3 is 4.90 Å². The molecule has 3 aliphatic rings. The van der Waals surface area contributed by atoms with E-state index in [0.717, 1.165) is 11.8 Å². The van der Waals surface area contributed by atoms with E-state index in [0.29, 0.717) is 5.92 Å². The minimum Gasteiger partial charge on any atom is -0.310 e. The molecule has 0 heterocycles. The number of benzene rings is 8. The van der Waals surface area contributed by atoms with Crippen LogP contribution in [0.4, 0.5) is 17.1 Å². The Morgan fingerprint density at radius 2 is 1.14 bits per heavy atom. The lowest BCUT2D eigenvalue weighted by Gasteiger charge is -2.36. The largest absolute Gasteiger partial charge is 0.310 e. The second kappa shape index (κ2) is 13.5. The van der Waals surface area contributed by atoms with Gasteiger partial charge in [-0.15, -0.1) is 0 Å². The van der Waals surface area contributed by atoms with Crippen LogP contribution in [0.5, 0.6) is 0 Å². The van der Waals surface area contributed by atoms with Crippen LogP contribution in [-0.4, -0.2) is 0 Å². The van der Waals surface area contributed by atoms with Crippen LogP contribution in [0.25, 0.3) is 33.0 Å². The van der Waals surface area contributed by atoms with Crippen LogP contribution in [0, 0.1) is 25.7 Å².